The van der Waals surface area contributed by atoms with Gasteiger partial charge in [-0.05, 0) is 18.6 Å². The van der Waals surface area contributed by atoms with E-state index < -0.39 is 35.7 Å². The first-order chi connectivity index (χ1) is 9.77. The molecule has 8 heteroatoms. The summed E-state index contributed by atoms with van der Waals surface area (Å²) >= 11 is 0. The van der Waals surface area contributed by atoms with Crippen molar-refractivity contribution in [3.63, 3.8) is 0 Å². The molecule has 0 spiro atoms. The molecule has 5 nitrogen and oxygen atoms in total. The average molecular weight is 300 g/mol. The molecule has 0 bridgehead atoms. The minimum absolute atomic E-state index is 0.0184. The quantitative estimate of drug-likeness (QED) is 0.835. The van der Waals surface area contributed by atoms with Crippen LogP contribution in [0.2, 0.25) is 0 Å². The van der Waals surface area contributed by atoms with E-state index in [1.165, 1.54) is 6.08 Å². The Hall–Kier alpha value is -2.38. The lowest BCUT2D eigenvalue weighted by molar-refractivity contribution is -0.141. The van der Waals surface area contributed by atoms with E-state index in [1.807, 2.05) is 0 Å². The molecule has 1 aromatic heterocycles. The summed E-state index contributed by atoms with van der Waals surface area (Å²) in [5, 5.41) is 11.3. The second kappa shape index (κ2) is 5.55. The van der Waals surface area contributed by atoms with Gasteiger partial charge in [0.15, 0.2) is 0 Å². The van der Waals surface area contributed by atoms with Crippen LogP contribution in [-0.2, 0) is 11.0 Å². The van der Waals surface area contributed by atoms with E-state index >= 15 is 0 Å². The molecule has 1 heterocycles. The van der Waals surface area contributed by atoms with Gasteiger partial charge in [-0.2, -0.15) is 13.2 Å². The molecule has 2 atom stereocenters. The highest BCUT2D eigenvalue weighted by Crippen LogP contribution is 2.27. The Morgan fingerprint density at radius 2 is 2.00 bits per heavy atom. The largest absolute Gasteiger partial charge is 0.481 e. The minimum atomic E-state index is -4.56. The third kappa shape index (κ3) is 3.59. The highest BCUT2D eigenvalue weighted by Gasteiger charge is 2.32. The van der Waals surface area contributed by atoms with E-state index in [-0.39, 0.29) is 12.0 Å². The fourth-order valence-electron chi connectivity index (χ4n) is 1.94. The number of carbonyl (C=O) groups excluding carboxylic acids is 1. The number of carbonyl (C=O) groups is 2. The normalized spacial score (nSPS) is 21.3. The number of carboxylic acid groups (broad SMARTS) is 1. The lowest BCUT2D eigenvalue weighted by atomic mass is 10.1. The van der Waals surface area contributed by atoms with E-state index in [2.05, 4.69) is 10.3 Å². The van der Waals surface area contributed by atoms with Crippen LogP contribution in [0.3, 0.4) is 0 Å². The first-order valence-corrected chi connectivity index (χ1v) is 6.02. The fraction of sp³-hybridized carbons (Fsp3) is 0.308. The standard InChI is InChI=1S/C13H11F3N2O3/c14-13(15,16)10-4-2-8(6-17-10)11(19)18-9-3-1-7(5-9)12(20)21/h1-4,6-7,9H,5H2,(H,18,19)(H,20,21). The van der Waals surface area contributed by atoms with Crippen molar-refractivity contribution in [3.05, 3.63) is 41.7 Å². The minimum Gasteiger partial charge on any atom is -0.481 e. The first kappa shape index (κ1) is 15.0. The van der Waals surface area contributed by atoms with Gasteiger partial charge in [0.05, 0.1) is 11.5 Å². The Bertz CT molecular complexity index is 581. The number of aromatic nitrogens is 1. The van der Waals surface area contributed by atoms with Gasteiger partial charge < -0.3 is 10.4 Å². The first-order valence-electron chi connectivity index (χ1n) is 6.02. The van der Waals surface area contributed by atoms with Gasteiger partial charge in [-0.1, -0.05) is 12.2 Å². The Kier molecular flexibility index (Phi) is 3.97. The van der Waals surface area contributed by atoms with E-state index in [0.717, 1.165) is 18.3 Å². The molecular weight excluding hydrogens is 289 g/mol. The third-order valence-electron chi connectivity index (χ3n) is 3.03. The Balaban J connectivity index is 1.99. The molecule has 2 rings (SSSR count). The number of rotatable bonds is 3. The van der Waals surface area contributed by atoms with E-state index in [1.54, 1.807) is 6.08 Å². The van der Waals surface area contributed by atoms with Gasteiger partial charge in [0.25, 0.3) is 5.91 Å². The van der Waals surface area contributed by atoms with Crippen LogP contribution in [0.25, 0.3) is 0 Å². The van der Waals surface area contributed by atoms with Crippen LogP contribution in [0.15, 0.2) is 30.5 Å². The molecule has 2 unspecified atom stereocenters. The molecule has 0 fully saturated rings. The lowest BCUT2D eigenvalue weighted by Gasteiger charge is -2.12. The summed E-state index contributed by atoms with van der Waals surface area (Å²) in [5.41, 5.74) is -1.10. The van der Waals surface area contributed by atoms with Gasteiger partial charge in [-0.3, -0.25) is 14.6 Å². The molecular formula is C13H11F3N2O3. The molecule has 0 aliphatic heterocycles. The van der Waals surface area contributed by atoms with Crippen LogP contribution in [0.5, 0.6) is 0 Å². The number of hydrogen-bond acceptors (Lipinski definition) is 3. The van der Waals surface area contributed by atoms with Crippen molar-refractivity contribution < 1.29 is 27.9 Å². The van der Waals surface area contributed by atoms with E-state index in [4.69, 9.17) is 5.11 Å². The summed E-state index contributed by atoms with van der Waals surface area (Å²) < 4.78 is 37.0. The highest BCUT2D eigenvalue weighted by atomic mass is 19.4. The predicted octanol–water partition coefficient (Wildman–Crippen LogP) is 1.86. The molecule has 1 aliphatic rings. The van der Waals surface area contributed by atoms with Crippen molar-refractivity contribution in [1.29, 1.82) is 0 Å². The summed E-state index contributed by atoms with van der Waals surface area (Å²) in [6.45, 7) is 0. The lowest BCUT2D eigenvalue weighted by Crippen LogP contribution is -2.33. The Labute approximate surface area is 117 Å². The SMILES string of the molecule is O=C(NC1C=CC(C(=O)O)C1)c1ccc(C(F)(F)F)nc1. The van der Waals surface area contributed by atoms with Crippen molar-refractivity contribution in [1.82, 2.24) is 10.3 Å². The number of carboxylic acids is 1. The molecule has 1 aromatic rings. The van der Waals surface area contributed by atoms with Gasteiger partial charge in [0, 0.05) is 12.2 Å². The monoisotopic (exact) mass is 300 g/mol. The van der Waals surface area contributed by atoms with E-state index in [0.29, 0.717) is 0 Å². The molecule has 112 valence electrons. The van der Waals surface area contributed by atoms with Gasteiger partial charge in [0.2, 0.25) is 0 Å². The van der Waals surface area contributed by atoms with Gasteiger partial charge in [-0.15, -0.1) is 0 Å². The number of halogens is 3. The predicted molar refractivity (Wildman–Crippen MR) is 65.4 cm³/mol. The molecule has 1 amide bonds. The second-order valence-electron chi connectivity index (χ2n) is 4.58. The van der Waals surface area contributed by atoms with Gasteiger partial charge >= 0.3 is 12.1 Å². The zero-order chi connectivity index (χ0) is 15.6. The van der Waals surface area contributed by atoms with Crippen LogP contribution in [0.1, 0.15) is 22.5 Å². The van der Waals surface area contributed by atoms with E-state index in [9.17, 15) is 22.8 Å². The van der Waals surface area contributed by atoms with Crippen molar-refractivity contribution in [2.75, 3.05) is 0 Å². The number of amides is 1. The molecule has 2 N–H and O–H groups in total. The number of pyridine rings is 1. The van der Waals surface area contributed by atoms with Crippen LogP contribution in [-0.4, -0.2) is 28.0 Å². The van der Waals surface area contributed by atoms with Crippen molar-refractivity contribution in [2.45, 2.75) is 18.6 Å². The topological polar surface area (TPSA) is 79.3 Å². The fourth-order valence-corrected chi connectivity index (χ4v) is 1.94. The molecule has 21 heavy (non-hydrogen) atoms. The summed E-state index contributed by atoms with van der Waals surface area (Å²) in [6.07, 6.45) is -0.481. The van der Waals surface area contributed by atoms with Gasteiger partial charge in [0.1, 0.15) is 5.69 Å². The molecule has 0 radical (unpaired) electrons. The third-order valence-corrected chi connectivity index (χ3v) is 3.03. The maximum Gasteiger partial charge on any atom is 0.433 e. The van der Waals surface area contributed by atoms with Gasteiger partial charge in [-0.25, -0.2) is 0 Å². The summed E-state index contributed by atoms with van der Waals surface area (Å²) in [5.74, 6) is -2.25. The van der Waals surface area contributed by atoms with Crippen LogP contribution in [0.4, 0.5) is 13.2 Å². The molecule has 0 saturated carbocycles. The Morgan fingerprint density at radius 3 is 2.48 bits per heavy atom. The number of nitrogens with zero attached hydrogens (tertiary/aromatic N) is 1. The Morgan fingerprint density at radius 1 is 1.29 bits per heavy atom. The molecule has 0 aromatic carbocycles. The van der Waals surface area contributed by atoms with Crippen molar-refractivity contribution in [2.24, 2.45) is 5.92 Å². The van der Waals surface area contributed by atoms with Crippen molar-refractivity contribution >= 4 is 11.9 Å². The van der Waals surface area contributed by atoms with Crippen molar-refractivity contribution in [3.8, 4) is 0 Å². The zero-order valence-corrected chi connectivity index (χ0v) is 10.6. The summed E-state index contributed by atoms with van der Waals surface area (Å²) in [7, 11) is 0. The smallest absolute Gasteiger partial charge is 0.433 e. The second-order valence-corrected chi connectivity index (χ2v) is 4.58. The highest BCUT2D eigenvalue weighted by molar-refractivity contribution is 5.94. The maximum absolute atomic E-state index is 12.3. The number of alkyl halides is 3. The number of aliphatic carboxylic acids is 1. The summed E-state index contributed by atoms with van der Waals surface area (Å²) in [6, 6.07) is 1.29. The number of nitrogens with one attached hydrogen (secondary N) is 1. The maximum atomic E-state index is 12.3. The average Bonchev–Trinajstić information content (AvgIpc) is 2.86. The number of hydrogen-bond donors (Lipinski definition) is 2. The van der Waals surface area contributed by atoms with Crippen LogP contribution < -0.4 is 5.32 Å². The van der Waals surface area contributed by atoms with Crippen LogP contribution in [0, 0.1) is 5.92 Å². The summed E-state index contributed by atoms with van der Waals surface area (Å²) in [4.78, 5) is 25.8. The molecule has 0 saturated heterocycles. The zero-order valence-electron chi connectivity index (χ0n) is 10.6. The van der Waals surface area contributed by atoms with Crippen LogP contribution >= 0.6 is 0 Å². The molecule has 1 aliphatic carbocycles.